The zero-order valence-electron chi connectivity index (χ0n) is 19.1. The highest BCUT2D eigenvalue weighted by atomic mass is 16.5. The van der Waals surface area contributed by atoms with Crippen LogP contribution < -0.4 is 5.32 Å². The molecule has 0 aromatic heterocycles. The molecule has 1 saturated carbocycles. The third-order valence-corrected chi connectivity index (χ3v) is 7.55. The van der Waals surface area contributed by atoms with Gasteiger partial charge in [-0.25, -0.2) is 9.59 Å². The smallest absolute Gasteiger partial charge is 0.407 e. The molecule has 34 heavy (non-hydrogen) atoms. The number of carbonyl (C=O) groups excluding carboxylic acids is 2. The van der Waals surface area contributed by atoms with E-state index in [1.807, 2.05) is 24.3 Å². The molecule has 3 atom stereocenters. The van der Waals surface area contributed by atoms with Crippen molar-refractivity contribution in [3.05, 3.63) is 59.7 Å². The van der Waals surface area contributed by atoms with Crippen LogP contribution in [-0.2, 0) is 14.3 Å². The Kier molecular flexibility index (Phi) is 6.26. The summed E-state index contributed by atoms with van der Waals surface area (Å²) >= 11 is 0. The van der Waals surface area contributed by atoms with Crippen LogP contribution in [0.1, 0.15) is 55.6 Å². The molecule has 1 saturated heterocycles. The fourth-order valence-electron chi connectivity index (χ4n) is 5.89. The third-order valence-electron chi connectivity index (χ3n) is 7.55. The van der Waals surface area contributed by atoms with Crippen molar-refractivity contribution in [2.24, 2.45) is 5.92 Å². The standard InChI is InChI=1S/C27H30N2O5/c30-25(29-15-7-14-24(29)26(31)32)21-12-5-6-13-23(21)28-27(33)34-16-22-19-10-3-1-8-17(19)18-9-2-4-11-20(18)22/h1-4,8-11,21-24H,5-7,12-16H2,(H,28,33)(H,31,32)/t21-,23+,24?/m1/s1. The van der Waals surface area contributed by atoms with Gasteiger partial charge in [-0.3, -0.25) is 4.79 Å². The Balaban J connectivity index is 1.24. The van der Waals surface area contributed by atoms with Crippen molar-refractivity contribution in [2.45, 2.75) is 56.5 Å². The lowest BCUT2D eigenvalue weighted by Gasteiger charge is -2.34. The predicted molar refractivity (Wildman–Crippen MR) is 126 cm³/mol. The molecular formula is C27H30N2O5. The summed E-state index contributed by atoms with van der Waals surface area (Å²) in [6.07, 6.45) is 3.80. The number of nitrogens with zero attached hydrogens (tertiary/aromatic N) is 1. The van der Waals surface area contributed by atoms with Crippen LogP contribution in [0.2, 0.25) is 0 Å². The number of benzene rings is 2. The molecular weight excluding hydrogens is 432 g/mol. The van der Waals surface area contributed by atoms with E-state index in [1.165, 1.54) is 16.0 Å². The van der Waals surface area contributed by atoms with Gasteiger partial charge >= 0.3 is 12.1 Å². The number of carbonyl (C=O) groups is 3. The molecule has 0 spiro atoms. The highest BCUT2D eigenvalue weighted by molar-refractivity contribution is 5.86. The van der Waals surface area contributed by atoms with E-state index in [4.69, 9.17) is 4.74 Å². The summed E-state index contributed by atoms with van der Waals surface area (Å²) in [4.78, 5) is 39.1. The molecule has 2 aromatic carbocycles. The molecule has 0 radical (unpaired) electrons. The summed E-state index contributed by atoms with van der Waals surface area (Å²) in [6.45, 7) is 0.683. The maximum atomic E-state index is 13.2. The molecule has 3 aliphatic rings. The molecule has 2 N–H and O–H groups in total. The van der Waals surface area contributed by atoms with Crippen molar-refractivity contribution in [2.75, 3.05) is 13.2 Å². The van der Waals surface area contributed by atoms with E-state index in [2.05, 4.69) is 29.6 Å². The molecule has 2 aromatic rings. The number of hydrogen-bond acceptors (Lipinski definition) is 4. The number of nitrogens with one attached hydrogen (secondary N) is 1. The van der Waals surface area contributed by atoms with Crippen LogP contribution >= 0.6 is 0 Å². The van der Waals surface area contributed by atoms with Crippen LogP contribution in [0.25, 0.3) is 11.1 Å². The second-order valence-corrected chi connectivity index (χ2v) is 9.50. The van der Waals surface area contributed by atoms with Crippen molar-refractivity contribution in [3.8, 4) is 11.1 Å². The molecule has 1 aliphatic heterocycles. The van der Waals surface area contributed by atoms with Crippen molar-refractivity contribution in [3.63, 3.8) is 0 Å². The second-order valence-electron chi connectivity index (χ2n) is 9.50. The maximum Gasteiger partial charge on any atom is 0.407 e. The minimum absolute atomic E-state index is 0.0251. The minimum atomic E-state index is -0.956. The number of carboxylic acids is 1. The fourth-order valence-corrected chi connectivity index (χ4v) is 5.89. The Morgan fingerprint density at radius 1 is 0.912 bits per heavy atom. The van der Waals surface area contributed by atoms with Gasteiger partial charge in [-0.2, -0.15) is 0 Å². The van der Waals surface area contributed by atoms with Crippen LogP contribution in [-0.4, -0.2) is 53.2 Å². The number of fused-ring (bicyclic) bond motifs is 3. The number of carboxylic acid groups (broad SMARTS) is 1. The topological polar surface area (TPSA) is 95.9 Å². The van der Waals surface area contributed by atoms with Gasteiger partial charge in [0, 0.05) is 18.5 Å². The number of alkyl carbamates (subject to hydrolysis) is 1. The van der Waals surface area contributed by atoms with E-state index >= 15 is 0 Å². The Morgan fingerprint density at radius 2 is 1.56 bits per heavy atom. The summed E-state index contributed by atoms with van der Waals surface area (Å²) < 4.78 is 5.69. The van der Waals surface area contributed by atoms with E-state index in [0.717, 1.165) is 24.0 Å². The van der Waals surface area contributed by atoms with E-state index in [1.54, 1.807) is 0 Å². The van der Waals surface area contributed by atoms with Crippen LogP contribution in [0.5, 0.6) is 0 Å². The summed E-state index contributed by atoms with van der Waals surface area (Å²) in [7, 11) is 0. The van der Waals surface area contributed by atoms with Crippen LogP contribution in [0, 0.1) is 5.92 Å². The van der Waals surface area contributed by atoms with E-state index < -0.39 is 24.0 Å². The summed E-state index contributed by atoms with van der Waals surface area (Å²) in [5.41, 5.74) is 4.64. The average Bonchev–Trinajstić information content (AvgIpc) is 3.46. The van der Waals surface area contributed by atoms with Gasteiger partial charge in [-0.15, -0.1) is 0 Å². The van der Waals surface area contributed by atoms with Crippen LogP contribution in [0.3, 0.4) is 0 Å². The Morgan fingerprint density at radius 3 is 2.24 bits per heavy atom. The van der Waals surface area contributed by atoms with Crippen LogP contribution in [0.15, 0.2) is 48.5 Å². The summed E-state index contributed by atoms with van der Waals surface area (Å²) in [6, 6.07) is 15.3. The van der Waals surface area contributed by atoms with Gasteiger partial charge in [-0.1, -0.05) is 61.4 Å². The number of aliphatic carboxylic acids is 1. The highest BCUT2D eigenvalue weighted by Crippen LogP contribution is 2.44. The molecule has 2 fully saturated rings. The van der Waals surface area contributed by atoms with Gasteiger partial charge in [0.1, 0.15) is 12.6 Å². The third kappa shape index (κ3) is 4.15. The van der Waals surface area contributed by atoms with E-state index in [9.17, 15) is 19.5 Å². The molecule has 2 amide bonds. The maximum absolute atomic E-state index is 13.2. The van der Waals surface area contributed by atoms with Crippen LogP contribution in [0.4, 0.5) is 4.79 Å². The zero-order valence-corrected chi connectivity index (χ0v) is 19.1. The first-order chi connectivity index (χ1) is 16.5. The first-order valence-electron chi connectivity index (χ1n) is 12.2. The quantitative estimate of drug-likeness (QED) is 0.696. The predicted octanol–water partition coefficient (Wildman–Crippen LogP) is 4.16. The molecule has 178 valence electrons. The van der Waals surface area contributed by atoms with Crippen molar-refractivity contribution < 1.29 is 24.2 Å². The number of ether oxygens (including phenoxy) is 1. The molecule has 5 rings (SSSR count). The lowest BCUT2D eigenvalue weighted by Crippen LogP contribution is -2.51. The van der Waals surface area contributed by atoms with Gasteiger partial charge in [0.15, 0.2) is 0 Å². The molecule has 1 unspecified atom stereocenters. The lowest BCUT2D eigenvalue weighted by atomic mass is 9.83. The van der Waals surface area contributed by atoms with Crippen molar-refractivity contribution in [1.29, 1.82) is 0 Å². The van der Waals surface area contributed by atoms with Gasteiger partial charge < -0.3 is 20.1 Å². The summed E-state index contributed by atoms with van der Waals surface area (Å²) in [5.74, 6) is -1.55. The molecule has 1 heterocycles. The Labute approximate surface area is 199 Å². The Bertz CT molecular complexity index is 1050. The number of hydrogen-bond donors (Lipinski definition) is 2. The zero-order chi connectivity index (χ0) is 23.7. The SMILES string of the molecule is O=C(N[C@H]1CCCC[C@H]1C(=O)N1CCCC1C(=O)O)OCC1c2ccccc2-c2ccccc21. The normalized spacial score (nSPS) is 23.8. The van der Waals surface area contributed by atoms with Crippen molar-refractivity contribution in [1.82, 2.24) is 10.2 Å². The fraction of sp³-hybridized carbons (Fsp3) is 0.444. The number of rotatable bonds is 5. The average molecular weight is 463 g/mol. The van der Waals surface area contributed by atoms with E-state index in [0.29, 0.717) is 32.2 Å². The highest BCUT2D eigenvalue weighted by Gasteiger charge is 2.41. The van der Waals surface area contributed by atoms with Gasteiger partial charge in [0.25, 0.3) is 0 Å². The van der Waals surface area contributed by atoms with E-state index in [-0.39, 0.29) is 24.5 Å². The minimum Gasteiger partial charge on any atom is -0.480 e. The lowest BCUT2D eigenvalue weighted by molar-refractivity contribution is -0.150. The molecule has 2 aliphatic carbocycles. The molecule has 7 nitrogen and oxygen atoms in total. The largest absolute Gasteiger partial charge is 0.480 e. The Hall–Kier alpha value is -3.35. The molecule has 0 bridgehead atoms. The van der Waals surface area contributed by atoms with Gasteiger partial charge in [0.05, 0.1) is 5.92 Å². The van der Waals surface area contributed by atoms with Gasteiger partial charge in [-0.05, 0) is 47.9 Å². The van der Waals surface area contributed by atoms with Gasteiger partial charge in [0.2, 0.25) is 5.91 Å². The summed E-state index contributed by atoms with van der Waals surface area (Å²) in [5, 5.41) is 12.4. The first kappa shape index (κ1) is 22.4. The number of amides is 2. The molecule has 7 heteroatoms. The monoisotopic (exact) mass is 462 g/mol. The van der Waals surface area contributed by atoms with Crippen molar-refractivity contribution >= 4 is 18.0 Å². The second kappa shape index (κ2) is 9.49. The first-order valence-corrected chi connectivity index (χ1v) is 12.2. The number of likely N-dealkylation sites (tertiary alicyclic amines) is 1.